The summed E-state index contributed by atoms with van der Waals surface area (Å²) in [5, 5.41) is 0. The molecule has 156 valence electrons. The molecule has 0 N–H and O–H groups in total. The molecule has 1 amide bonds. The van der Waals surface area contributed by atoms with Gasteiger partial charge in [0.2, 0.25) is 10.0 Å². The minimum absolute atomic E-state index is 0.0348. The number of carbonyl (C=O) groups is 1. The molecular weight excluding hydrogens is 395 g/mol. The van der Waals surface area contributed by atoms with E-state index in [1.807, 2.05) is 7.05 Å². The number of halogens is 3. The van der Waals surface area contributed by atoms with E-state index in [4.69, 9.17) is 0 Å². The van der Waals surface area contributed by atoms with Gasteiger partial charge in [-0.3, -0.25) is 4.79 Å². The minimum Gasteiger partial charge on any atom is -0.330 e. The van der Waals surface area contributed by atoms with E-state index in [0.717, 1.165) is 36.4 Å². The second-order valence-corrected chi connectivity index (χ2v) is 9.46. The van der Waals surface area contributed by atoms with Gasteiger partial charge in [-0.05, 0) is 62.7 Å². The lowest BCUT2D eigenvalue weighted by Gasteiger charge is -2.34. The highest BCUT2D eigenvalue weighted by Gasteiger charge is 2.43. The molecule has 0 radical (unpaired) electrons. The molecule has 1 aromatic rings. The normalized spacial score (nSPS) is 19.7. The van der Waals surface area contributed by atoms with Crippen LogP contribution in [0.3, 0.4) is 0 Å². The number of hydrogen-bond donors (Lipinski definition) is 0. The summed E-state index contributed by atoms with van der Waals surface area (Å²) < 4.78 is 65.6. The molecule has 0 spiro atoms. The maximum atomic E-state index is 13.0. The van der Waals surface area contributed by atoms with Crippen molar-refractivity contribution in [2.75, 3.05) is 33.7 Å². The number of sulfonamides is 1. The fourth-order valence-corrected chi connectivity index (χ4v) is 5.23. The van der Waals surface area contributed by atoms with Crippen LogP contribution in [-0.2, 0) is 27.8 Å². The Bertz CT molecular complexity index is 849. The van der Waals surface area contributed by atoms with Crippen LogP contribution < -0.4 is 0 Å². The zero-order chi connectivity index (χ0) is 20.7. The Labute approximate surface area is 162 Å². The van der Waals surface area contributed by atoms with Crippen molar-refractivity contribution in [1.29, 1.82) is 0 Å². The summed E-state index contributed by atoms with van der Waals surface area (Å²) in [5.41, 5.74) is 1.22. The van der Waals surface area contributed by atoms with E-state index in [-0.39, 0.29) is 30.4 Å². The van der Waals surface area contributed by atoms with Gasteiger partial charge in [-0.15, -0.1) is 0 Å². The molecule has 0 unspecified atom stereocenters. The van der Waals surface area contributed by atoms with Gasteiger partial charge in [0.15, 0.2) is 0 Å². The van der Waals surface area contributed by atoms with Gasteiger partial charge in [0.25, 0.3) is 0 Å². The molecule has 6 nitrogen and oxygen atoms in total. The summed E-state index contributed by atoms with van der Waals surface area (Å²) in [4.78, 5) is 14.4. The largest absolute Gasteiger partial charge is 0.471 e. The predicted molar refractivity (Wildman–Crippen MR) is 97.1 cm³/mol. The molecule has 1 aromatic carbocycles. The van der Waals surface area contributed by atoms with E-state index < -0.39 is 22.1 Å². The van der Waals surface area contributed by atoms with Crippen LogP contribution in [0, 0.1) is 0 Å². The van der Waals surface area contributed by atoms with Crippen LogP contribution in [-0.4, -0.2) is 74.4 Å². The van der Waals surface area contributed by atoms with Crippen LogP contribution in [0.25, 0.3) is 0 Å². The van der Waals surface area contributed by atoms with E-state index in [1.165, 1.54) is 16.4 Å². The second-order valence-electron chi connectivity index (χ2n) is 7.46. The van der Waals surface area contributed by atoms with Crippen LogP contribution in [0.5, 0.6) is 0 Å². The van der Waals surface area contributed by atoms with Crippen molar-refractivity contribution < 1.29 is 26.4 Å². The lowest BCUT2D eigenvalue weighted by molar-refractivity contribution is -0.186. The Kier molecular flexibility index (Phi) is 5.75. The summed E-state index contributed by atoms with van der Waals surface area (Å²) in [6.07, 6.45) is -3.21. The molecule has 0 bridgehead atoms. The number of amides is 1. The zero-order valence-electron chi connectivity index (χ0n) is 15.9. The predicted octanol–water partition coefficient (Wildman–Crippen LogP) is 1.85. The molecule has 3 rings (SSSR count). The van der Waals surface area contributed by atoms with E-state index in [9.17, 15) is 26.4 Å². The van der Waals surface area contributed by atoms with E-state index in [0.29, 0.717) is 5.56 Å². The highest BCUT2D eigenvalue weighted by atomic mass is 32.2. The summed E-state index contributed by atoms with van der Waals surface area (Å²) in [5.74, 6) is -1.89. The van der Waals surface area contributed by atoms with E-state index in [1.54, 1.807) is 13.1 Å². The quantitative estimate of drug-likeness (QED) is 0.750. The summed E-state index contributed by atoms with van der Waals surface area (Å²) >= 11 is 0. The maximum absolute atomic E-state index is 13.0. The molecule has 1 saturated heterocycles. The minimum atomic E-state index is -4.93. The van der Waals surface area contributed by atoms with Crippen molar-refractivity contribution in [2.24, 2.45) is 0 Å². The van der Waals surface area contributed by atoms with E-state index >= 15 is 0 Å². The Hall–Kier alpha value is -1.65. The first-order valence-corrected chi connectivity index (χ1v) is 10.6. The maximum Gasteiger partial charge on any atom is 0.471 e. The van der Waals surface area contributed by atoms with Crippen molar-refractivity contribution in [3.63, 3.8) is 0 Å². The Morgan fingerprint density at radius 2 is 1.79 bits per heavy atom. The Morgan fingerprint density at radius 3 is 2.39 bits per heavy atom. The van der Waals surface area contributed by atoms with Gasteiger partial charge in [-0.25, -0.2) is 8.42 Å². The van der Waals surface area contributed by atoms with Crippen molar-refractivity contribution in [1.82, 2.24) is 14.1 Å². The summed E-state index contributed by atoms with van der Waals surface area (Å²) in [6.45, 7) is 1.34. The molecular formula is C18H24F3N3O3S. The van der Waals surface area contributed by atoms with Gasteiger partial charge in [0.1, 0.15) is 0 Å². The summed E-state index contributed by atoms with van der Waals surface area (Å²) in [7, 11) is -0.232. The average Bonchev–Trinajstić information content (AvgIpc) is 2.65. The monoisotopic (exact) mass is 419 g/mol. The van der Waals surface area contributed by atoms with Gasteiger partial charge < -0.3 is 9.80 Å². The number of piperidine rings is 1. The Balaban J connectivity index is 1.82. The third-order valence-electron chi connectivity index (χ3n) is 5.60. The lowest BCUT2D eigenvalue weighted by Crippen LogP contribution is -2.45. The SMILES string of the molecule is CN1CCC(N(C)S(=O)(=O)c2ccc3c(c2)CN(C(=O)C(F)(F)F)CC3)CC1. The van der Waals surface area contributed by atoms with Crippen LogP contribution in [0.15, 0.2) is 23.1 Å². The number of fused-ring (bicyclic) bond motifs is 1. The first kappa shape index (κ1) is 21.1. The highest BCUT2D eigenvalue weighted by molar-refractivity contribution is 7.89. The van der Waals surface area contributed by atoms with Crippen LogP contribution >= 0.6 is 0 Å². The molecule has 10 heteroatoms. The first-order valence-electron chi connectivity index (χ1n) is 9.14. The number of carbonyl (C=O) groups excluding carboxylic acids is 1. The number of alkyl halides is 3. The van der Waals surface area contributed by atoms with Crippen molar-refractivity contribution in [3.05, 3.63) is 29.3 Å². The molecule has 28 heavy (non-hydrogen) atoms. The third kappa shape index (κ3) is 4.18. The number of benzene rings is 1. The molecule has 2 aliphatic rings. The van der Waals surface area contributed by atoms with Crippen molar-refractivity contribution in [3.8, 4) is 0 Å². The molecule has 0 atom stereocenters. The van der Waals surface area contributed by atoms with Crippen molar-refractivity contribution in [2.45, 2.75) is 42.9 Å². The number of nitrogens with zero attached hydrogens (tertiary/aromatic N) is 3. The van der Waals surface area contributed by atoms with E-state index in [2.05, 4.69) is 4.90 Å². The fraction of sp³-hybridized carbons (Fsp3) is 0.611. The van der Waals surface area contributed by atoms with Crippen molar-refractivity contribution >= 4 is 15.9 Å². The summed E-state index contributed by atoms with van der Waals surface area (Å²) in [6, 6.07) is 4.44. The topological polar surface area (TPSA) is 60.9 Å². The number of hydrogen-bond acceptors (Lipinski definition) is 4. The van der Waals surface area contributed by atoms with Crippen LogP contribution in [0.2, 0.25) is 0 Å². The van der Waals surface area contributed by atoms with Gasteiger partial charge >= 0.3 is 12.1 Å². The van der Waals surface area contributed by atoms with Gasteiger partial charge in [-0.2, -0.15) is 17.5 Å². The molecule has 0 aliphatic carbocycles. The van der Waals surface area contributed by atoms with Gasteiger partial charge in [-0.1, -0.05) is 6.07 Å². The number of likely N-dealkylation sites (tertiary alicyclic amines) is 1. The van der Waals surface area contributed by atoms with Gasteiger partial charge in [0.05, 0.1) is 4.90 Å². The Morgan fingerprint density at radius 1 is 1.14 bits per heavy atom. The smallest absolute Gasteiger partial charge is 0.330 e. The van der Waals surface area contributed by atoms with Crippen LogP contribution in [0.4, 0.5) is 13.2 Å². The first-order chi connectivity index (χ1) is 13.0. The molecule has 1 fully saturated rings. The zero-order valence-corrected chi connectivity index (χ0v) is 16.7. The fourth-order valence-electron chi connectivity index (χ4n) is 3.77. The lowest BCUT2D eigenvalue weighted by atomic mass is 10.00. The molecule has 2 heterocycles. The highest BCUT2D eigenvalue weighted by Crippen LogP contribution is 2.28. The average molecular weight is 419 g/mol. The molecule has 0 saturated carbocycles. The standard InChI is InChI=1S/C18H24F3N3O3S/c1-22-8-6-15(7-9-22)23(2)28(26,27)16-4-3-13-5-10-24(12-14(13)11-16)17(25)18(19,20)21/h3-4,11,15H,5-10,12H2,1-2H3. The number of rotatable bonds is 3. The second kappa shape index (κ2) is 7.64. The third-order valence-corrected chi connectivity index (χ3v) is 7.51. The molecule has 2 aliphatic heterocycles. The van der Waals surface area contributed by atoms with Gasteiger partial charge in [0, 0.05) is 26.2 Å². The van der Waals surface area contributed by atoms with Crippen LogP contribution in [0.1, 0.15) is 24.0 Å². The molecule has 0 aromatic heterocycles.